The lowest BCUT2D eigenvalue weighted by Crippen LogP contribution is -2.13. The minimum absolute atomic E-state index is 0.647. The zero-order valence-corrected chi connectivity index (χ0v) is 8.62. The lowest BCUT2D eigenvalue weighted by Gasteiger charge is -2.03. The second-order valence-corrected chi connectivity index (χ2v) is 4.53. The highest BCUT2D eigenvalue weighted by molar-refractivity contribution is 7.90. The van der Waals surface area contributed by atoms with Crippen molar-refractivity contribution in [2.75, 3.05) is 0 Å². The Bertz CT molecular complexity index is 500. The molecule has 0 amide bonds. The summed E-state index contributed by atoms with van der Waals surface area (Å²) >= 11 is 4.91. The number of benzene rings is 1. The molecular weight excluding hydrogens is 248 g/mol. The number of nitro benzene ring substituents is 1. The highest BCUT2D eigenvalue weighted by atomic mass is 35.5. The molecule has 82 valence electrons. The summed E-state index contributed by atoms with van der Waals surface area (Å²) in [7, 11) is -4.12. The van der Waals surface area contributed by atoms with Crippen LogP contribution in [0.3, 0.4) is 0 Å². The van der Waals surface area contributed by atoms with Crippen molar-refractivity contribution in [2.45, 2.75) is 4.90 Å². The molecular formula is C6H5ClN2O5S. The van der Waals surface area contributed by atoms with Crippen molar-refractivity contribution in [3.63, 3.8) is 0 Å². The summed E-state index contributed by atoms with van der Waals surface area (Å²) in [4.78, 5) is 8.84. The quantitative estimate of drug-likeness (QED) is 0.468. The van der Waals surface area contributed by atoms with Crippen LogP contribution >= 0.6 is 11.8 Å². The topological polar surface area (TPSA) is 110 Å². The first kappa shape index (κ1) is 11.7. The van der Waals surface area contributed by atoms with Crippen LogP contribution in [0.2, 0.25) is 0 Å². The second kappa shape index (κ2) is 4.01. The number of halogens is 1. The molecule has 1 aromatic rings. The third-order valence-electron chi connectivity index (χ3n) is 1.57. The summed E-state index contributed by atoms with van der Waals surface area (Å²) in [6, 6.07) is 3.09. The Morgan fingerprint density at radius 1 is 1.47 bits per heavy atom. The van der Waals surface area contributed by atoms with Crippen LogP contribution in [0.25, 0.3) is 0 Å². The maximum absolute atomic E-state index is 11.2. The molecule has 0 aliphatic rings. The molecule has 9 heteroatoms. The highest BCUT2D eigenvalue weighted by Crippen LogP contribution is 2.32. The zero-order chi connectivity index (χ0) is 11.6. The monoisotopic (exact) mass is 252 g/mol. The fraction of sp³-hybridized carbons (Fsp3) is 0. The van der Waals surface area contributed by atoms with Gasteiger partial charge in [0.25, 0.3) is 10.0 Å². The molecule has 2 N–H and O–H groups in total. The lowest BCUT2D eigenvalue weighted by atomic mass is 10.3. The number of nitro groups is 1. The molecule has 0 saturated carbocycles. The van der Waals surface area contributed by atoms with E-state index in [-0.39, 0.29) is 0 Å². The van der Waals surface area contributed by atoms with Gasteiger partial charge in [0.2, 0.25) is 5.75 Å². The Labute approximate surface area is 89.6 Å². The van der Waals surface area contributed by atoms with Crippen LogP contribution in [0.1, 0.15) is 0 Å². The van der Waals surface area contributed by atoms with Gasteiger partial charge in [0.15, 0.2) is 0 Å². The largest absolute Gasteiger partial charge is 0.501 e. The molecule has 0 fully saturated rings. The van der Waals surface area contributed by atoms with Gasteiger partial charge in [0, 0.05) is 6.07 Å². The molecule has 0 aliphatic heterocycles. The molecule has 15 heavy (non-hydrogen) atoms. The molecule has 0 aromatic heterocycles. The first-order chi connectivity index (χ1) is 6.90. The number of phenolic OH excluding ortho intramolecular Hbond substituents is 1. The molecule has 0 heterocycles. The van der Waals surface area contributed by atoms with Gasteiger partial charge in [-0.2, -0.15) is 0 Å². The van der Waals surface area contributed by atoms with Crippen molar-refractivity contribution in [3.05, 3.63) is 28.3 Å². The Morgan fingerprint density at radius 3 is 2.53 bits per heavy atom. The Kier molecular flexibility index (Phi) is 3.12. The Balaban J connectivity index is 3.47. The molecule has 7 nitrogen and oxygen atoms in total. The standard InChI is InChI=1S/C6H5ClN2O5S/c7-8-15(13,14)5-3-1-2-4(6(5)10)9(11)12/h1-3,8,10H. The fourth-order valence-electron chi connectivity index (χ4n) is 0.916. The van der Waals surface area contributed by atoms with Crippen LogP contribution in [-0.2, 0) is 10.0 Å². The minimum Gasteiger partial charge on any atom is -0.501 e. The van der Waals surface area contributed by atoms with E-state index in [2.05, 4.69) is 0 Å². The van der Waals surface area contributed by atoms with E-state index >= 15 is 0 Å². The number of phenols is 1. The van der Waals surface area contributed by atoms with E-state index in [0.717, 1.165) is 18.2 Å². The van der Waals surface area contributed by atoms with Crippen LogP contribution in [0.5, 0.6) is 5.75 Å². The number of para-hydroxylation sites is 1. The molecule has 0 bridgehead atoms. The average molecular weight is 253 g/mol. The maximum atomic E-state index is 11.2. The molecule has 0 aliphatic carbocycles. The van der Waals surface area contributed by atoms with E-state index in [0.29, 0.717) is 0 Å². The molecule has 0 radical (unpaired) electrons. The Hall–Kier alpha value is -1.38. The van der Waals surface area contributed by atoms with E-state index in [1.165, 1.54) is 4.24 Å². The first-order valence-electron chi connectivity index (χ1n) is 3.49. The van der Waals surface area contributed by atoms with Gasteiger partial charge in [0.1, 0.15) is 4.90 Å². The number of nitrogens with zero attached hydrogens (tertiary/aromatic N) is 1. The molecule has 0 spiro atoms. The van der Waals surface area contributed by atoms with Crippen LogP contribution in [0.15, 0.2) is 23.1 Å². The second-order valence-electron chi connectivity index (χ2n) is 2.46. The van der Waals surface area contributed by atoms with Gasteiger partial charge < -0.3 is 5.11 Å². The van der Waals surface area contributed by atoms with Crippen molar-refractivity contribution in [1.82, 2.24) is 4.24 Å². The molecule has 1 rings (SSSR count). The molecule has 0 unspecified atom stereocenters. The van der Waals surface area contributed by atoms with Crippen LogP contribution in [0.4, 0.5) is 5.69 Å². The van der Waals surface area contributed by atoms with E-state index in [1.54, 1.807) is 0 Å². The van der Waals surface area contributed by atoms with Crippen molar-refractivity contribution in [1.29, 1.82) is 0 Å². The predicted octanol–water partition coefficient (Wildman–Crippen LogP) is 0.732. The Morgan fingerprint density at radius 2 is 2.07 bits per heavy atom. The minimum atomic E-state index is -4.12. The number of hydrogen-bond acceptors (Lipinski definition) is 5. The van der Waals surface area contributed by atoms with Gasteiger partial charge in [-0.1, -0.05) is 6.07 Å². The SMILES string of the molecule is O=[N+]([O-])c1cccc(S(=O)(=O)NCl)c1O. The fourth-order valence-corrected chi connectivity index (χ4v) is 1.87. The summed E-state index contributed by atoms with van der Waals surface area (Å²) in [5.74, 6) is -0.948. The van der Waals surface area contributed by atoms with E-state index in [4.69, 9.17) is 11.8 Å². The van der Waals surface area contributed by atoms with Crippen LogP contribution in [-0.4, -0.2) is 18.4 Å². The molecule has 0 saturated heterocycles. The van der Waals surface area contributed by atoms with Gasteiger partial charge in [-0.25, -0.2) is 8.42 Å². The summed E-state index contributed by atoms with van der Waals surface area (Å²) in [6.45, 7) is 0. The summed E-state index contributed by atoms with van der Waals surface area (Å²) in [5, 5.41) is 19.7. The maximum Gasteiger partial charge on any atom is 0.312 e. The van der Waals surface area contributed by atoms with Crippen LogP contribution in [0, 0.1) is 10.1 Å². The van der Waals surface area contributed by atoms with E-state index in [1.807, 2.05) is 0 Å². The van der Waals surface area contributed by atoms with Crippen molar-refractivity contribution < 1.29 is 18.4 Å². The highest BCUT2D eigenvalue weighted by Gasteiger charge is 2.24. The summed E-state index contributed by atoms with van der Waals surface area (Å²) in [5.41, 5.74) is -0.706. The summed E-state index contributed by atoms with van der Waals surface area (Å²) < 4.78 is 23.8. The average Bonchev–Trinajstić information content (AvgIpc) is 2.17. The van der Waals surface area contributed by atoms with Gasteiger partial charge in [-0.15, -0.1) is 4.24 Å². The number of rotatable bonds is 3. The molecule has 1 aromatic carbocycles. The lowest BCUT2D eigenvalue weighted by molar-refractivity contribution is -0.386. The van der Waals surface area contributed by atoms with Gasteiger partial charge in [0.05, 0.1) is 4.92 Å². The van der Waals surface area contributed by atoms with Gasteiger partial charge in [-0.3, -0.25) is 10.1 Å². The van der Waals surface area contributed by atoms with Crippen molar-refractivity contribution in [2.24, 2.45) is 0 Å². The first-order valence-corrected chi connectivity index (χ1v) is 5.35. The predicted molar refractivity (Wildman–Crippen MR) is 50.9 cm³/mol. The van der Waals surface area contributed by atoms with Gasteiger partial charge >= 0.3 is 5.69 Å². The zero-order valence-electron chi connectivity index (χ0n) is 7.05. The number of aromatic hydroxyl groups is 1. The number of hydrogen-bond donors (Lipinski definition) is 2. The number of nitrogens with one attached hydrogen (secondary N) is 1. The van der Waals surface area contributed by atoms with E-state index < -0.39 is 31.3 Å². The third-order valence-corrected chi connectivity index (χ3v) is 3.29. The van der Waals surface area contributed by atoms with E-state index in [9.17, 15) is 23.6 Å². The van der Waals surface area contributed by atoms with Crippen LogP contribution < -0.4 is 4.24 Å². The third kappa shape index (κ3) is 2.17. The number of sulfonamides is 1. The normalized spacial score (nSPS) is 11.3. The smallest absolute Gasteiger partial charge is 0.312 e. The van der Waals surface area contributed by atoms with Crippen molar-refractivity contribution in [3.8, 4) is 5.75 Å². The summed E-state index contributed by atoms with van der Waals surface area (Å²) in [6.07, 6.45) is 0. The van der Waals surface area contributed by atoms with Gasteiger partial charge in [-0.05, 0) is 17.8 Å². The molecule has 0 atom stereocenters. The van der Waals surface area contributed by atoms with Crippen molar-refractivity contribution >= 4 is 27.5 Å².